The molecule has 0 unspecified atom stereocenters. The van der Waals surface area contributed by atoms with Gasteiger partial charge in [-0.3, -0.25) is 4.79 Å². The Labute approximate surface area is 140 Å². The van der Waals surface area contributed by atoms with E-state index < -0.39 is 17.4 Å². The van der Waals surface area contributed by atoms with Crippen LogP contribution in [0.5, 0.6) is 0 Å². The summed E-state index contributed by atoms with van der Waals surface area (Å²) < 4.78 is 32.1. The van der Waals surface area contributed by atoms with E-state index >= 15 is 0 Å². The maximum absolute atomic E-state index is 13.5. The topological polar surface area (TPSA) is 56.0 Å². The molecule has 0 bridgehead atoms. The van der Waals surface area contributed by atoms with E-state index in [4.69, 9.17) is 4.42 Å². The third-order valence-electron chi connectivity index (χ3n) is 3.20. The number of Topliss-reactive ketones (excluding diaryl/α,β-unsaturated/α-hetero) is 1. The summed E-state index contributed by atoms with van der Waals surface area (Å²) in [6, 6.07) is 12.4. The number of benzene rings is 2. The molecular weight excluding hydrogens is 334 g/mol. The summed E-state index contributed by atoms with van der Waals surface area (Å²) in [7, 11) is 0. The molecule has 0 aliphatic carbocycles. The van der Waals surface area contributed by atoms with Gasteiger partial charge in [0.15, 0.2) is 5.78 Å². The van der Waals surface area contributed by atoms with Crippen LogP contribution in [0.2, 0.25) is 0 Å². The molecule has 1 aromatic heterocycles. The van der Waals surface area contributed by atoms with Crippen LogP contribution in [0.25, 0.3) is 0 Å². The van der Waals surface area contributed by atoms with E-state index in [2.05, 4.69) is 10.2 Å². The number of halogens is 2. The van der Waals surface area contributed by atoms with Crippen molar-refractivity contribution >= 4 is 17.5 Å². The largest absolute Gasteiger partial charge is 0.416 e. The molecule has 7 heteroatoms. The highest BCUT2D eigenvalue weighted by atomic mass is 32.2. The molecular formula is C17H12F2N2O2S. The fourth-order valence-electron chi connectivity index (χ4n) is 2.05. The van der Waals surface area contributed by atoms with Gasteiger partial charge in [-0.15, -0.1) is 10.2 Å². The predicted octanol–water partition coefficient (Wildman–Crippen LogP) is 3.91. The van der Waals surface area contributed by atoms with Gasteiger partial charge in [-0.1, -0.05) is 42.1 Å². The minimum atomic E-state index is -0.753. The average molecular weight is 346 g/mol. The van der Waals surface area contributed by atoms with Crippen LogP contribution >= 0.6 is 11.8 Å². The van der Waals surface area contributed by atoms with Crippen LogP contribution in [-0.2, 0) is 6.42 Å². The Morgan fingerprint density at radius 1 is 1.08 bits per heavy atom. The van der Waals surface area contributed by atoms with Crippen LogP contribution in [0.4, 0.5) is 8.78 Å². The molecule has 0 aliphatic heterocycles. The van der Waals surface area contributed by atoms with Crippen molar-refractivity contribution in [3.8, 4) is 0 Å². The van der Waals surface area contributed by atoms with E-state index in [1.165, 1.54) is 0 Å². The van der Waals surface area contributed by atoms with Gasteiger partial charge in [0, 0.05) is 0 Å². The Hall–Kier alpha value is -2.54. The SMILES string of the molecule is O=C(CSc1nnc(Cc2ccccc2)o1)c1cc(F)ccc1F. The second-order valence-corrected chi connectivity index (χ2v) is 5.89. The Balaban J connectivity index is 1.61. The first-order valence-corrected chi connectivity index (χ1v) is 8.08. The lowest BCUT2D eigenvalue weighted by Crippen LogP contribution is -2.06. The van der Waals surface area contributed by atoms with E-state index in [0.717, 1.165) is 35.5 Å². The lowest BCUT2D eigenvalue weighted by Gasteiger charge is -2.01. The zero-order valence-corrected chi connectivity index (χ0v) is 13.2. The van der Waals surface area contributed by atoms with Crippen molar-refractivity contribution < 1.29 is 18.0 Å². The molecule has 0 radical (unpaired) electrons. The second kappa shape index (κ2) is 7.35. The Morgan fingerprint density at radius 3 is 2.67 bits per heavy atom. The molecule has 3 rings (SSSR count). The Morgan fingerprint density at radius 2 is 1.88 bits per heavy atom. The van der Waals surface area contributed by atoms with Crippen molar-refractivity contribution in [3.05, 3.63) is 77.2 Å². The van der Waals surface area contributed by atoms with Gasteiger partial charge in [0.2, 0.25) is 5.89 Å². The molecule has 0 atom stereocenters. The van der Waals surface area contributed by atoms with Gasteiger partial charge in [0.1, 0.15) is 11.6 Å². The molecule has 122 valence electrons. The minimum Gasteiger partial charge on any atom is -0.416 e. The first-order valence-electron chi connectivity index (χ1n) is 7.09. The maximum Gasteiger partial charge on any atom is 0.277 e. The summed E-state index contributed by atoms with van der Waals surface area (Å²) in [6.07, 6.45) is 0.487. The van der Waals surface area contributed by atoms with Crippen molar-refractivity contribution in [3.63, 3.8) is 0 Å². The summed E-state index contributed by atoms with van der Waals surface area (Å²) in [6.45, 7) is 0. The van der Waals surface area contributed by atoms with Crippen LogP contribution < -0.4 is 0 Å². The fourth-order valence-corrected chi connectivity index (χ4v) is 2.72. The van der Waals surface area contributed by atoms with Gasteiger partial charge in [0.05, 0.1) is 17.7 Å². The standard InChI is InChI=1S/C17H12F2N2O2S/c18-12-6-7-14(19)13(9-12)15(22)10-24-17-21-20-16(23-17)8-11-4-2-1-3-5-11/h1-7,9H,8,10H2. The molecule has 0 saturated carbocycles. The first kappa shape index (κ1) is 16.3. The predicted molar refractivity (Wildman–Crippen MR) is 85.0 cm³/mol. The van der Waals surface area contributed by atoms with Crippen molar-refractivity contribution in [1.82, 2.24) is 10.2 Å². The van der Waals surface area contributed by atoms with E-state index in [0.29, 0.717) is 12.3 Å². The normalized spacial score (nSPS) is 10.8. The molecule has 4 nitrogen and oxygen atoms in total. The van der Waals surface area contributed by atoms with Crippen molar-refractivity contribution in [1.29, 1.82) is 0 Å². The highest BCUT2D eigenvalue weighted by molar-refractivity contribution is 7.99. The summed E-state index contributed by atoms with van der Waals surface area (Å²) in [5.41, 5.74) is 0.738. The number of hydrogen-bond donors (Lipinski definition) is 0. The number of carbonyl (C=O) groups is 1. The van der Waals surface area contributed by atoms with Gasteiger partial charge in [-0.2, -0.15) is 0 Å². The van der Waals surface area contributed by atoms with E-state index in [9.17, 15) is 13.6 Å². The van der Waals surface area contributed by atoms with E-state index in [1.54, 1.807) is 0 Å². The average Bonchev–Trinajstić information content (AvgIpc) is 3.03. The lowest BCUT2D eigenvalue weighted by atomic mass is 10.1. The Bertz CT molecular complexity index is 853. The van der Waals surface area contributed by atoms with Crippen molar-refractivity contribution in [2.45, 2.75) is 11.6 Å². The molecule has 0 amide bonds. The van der Waals surface area contributed by atoms with Crippen LogP contribution in [0.3, 0.4) is 0 Å². The van der Waals surface area contributed by atoms with Crippen molar-refractivity contribution in [2.75, 3.05) is 5.75 Å². The number of thioether (sulfide) groups is 1. The number of rotatable bonds is 6. The quantitative estimate of drug-likeness (QED) is 0.500. The highest BCUT2D eigenvalue weighted by Gasteiger charge is 2.15. The third-order valence-corrected chi connectivity index (χ3v) is 4.02. The van der Waals surface area contributed by atoms with Crippen LogP contribution in [0, 0.1) is 11.6 Å². The Kier molecular flexibility index (Phi) is 5.00. The highest BCUT2D eigenvalue weighted by Crippen LogP contribution is 2.20. The summed E-state index contributed by atoms with van der Waals surface area (Å²) in [5, 5.41) is 7.97. The number of carbonyl (C=O) groups excluding carboxylic acids is 1. The van der Waals surface area contributed by atoms with Gasteiger partial charge in [-0.05, 0) is 23.8 Å². The maximum atomic E-state index is 13.5. The van der Waals surface area contributed by atoms with E-state index in [1.807, 2.05) is 30.3 Å². The first-order chi connectivity index (χ1) is 11.6. The number of nitrogens with zero attached hydrogens (tertiary/aromatic N) is 2. The molecule has 1 heterocycles. The van der Waals surface area contributed by atoms with Gasteiger partial charge >= 0.3 is 0 Å². The van der Waals surface area contributed by atoms with Crippen LogP contribution in [0.1, 0.15) is 21.8 Å². The van der Waals surface area contributed by atoms with Crippen molar-refractivity contribution in [2.24, 2.45) is 0 Å². The molecule has 0 saturated heterocycles. The molecule has 0 N–H and O–H groups in total. The summed E-state index contributed by atoms with van der Waals surface area (Å²) in [5.74, 6) is -1.65. The monoisotopic (exact) mass is 346 g/mol. The second-order valence-electron chi connectivity index (χ2n) is 4.96. The smallest absolute Gasteiger partial charge is 0.277 e. The molecule has 0 fully saturated rings. The number of ketones is 1. The van der Waals surface area contributed by atoms with Gasteiger partial charge in [-0.25, -0.2) is 8.78 Å². The molecule has 24 heavy (non-hydrogen) atoms. The third kappa shape index (κ3) is 4.05. The lowest BCUT2D eigenvalue weighted by molar-refractivity contribution is 0.101. The van der Waals surface area contributed by atoms with E-state index in [-0.39, 0.29) is 16.5 Å². The molecule has 2 aromatic carbocycles. The molecule has 0 spiro atoms. The fraction of sp³-hybridized carbons (Fsp3) is 0.118. The molecule has 3 aromatic rings. The van der Waals surface area contributed by atoms with Gasteiger partial charge in [0.25, 0.3) is 5.22 Å². The van der Waals surface area contributed by atoms with Crippen LogP contribution in [-0.4, -0.2) is 21.7 Å². The number of hydrogen-bond acceptors (Lipinski definition) is 5. The summed E-state index contributed by atoms with van der Waals surface area (Å²) >= 11 is 0.990. The van der Waals surface area contributed by atoms with Crippen LogP contribution in [0.15, 0.2) is 58.2 Å². The minimum absolute atomic E-state index is 0.118. The number of aromatic nitrogens is 2. The van der Waals surface area contributed by atoms with Gasteiger partial charge < -0.3 is 4.42 Å². The summed E-state index contributed by atoms with van der Waals surface area (Å²) in [4.78, 5) is 12.0. The zero-order valence-electron chi connectivity index (χ0n) is 12.4. The zero-order chi connectivity index (χ0) is 16.9. The molecule has 0 aliphatic rings.